The van der Waals surface area contributed by atoms with Gasteiger partial charge in [0.15, 0.2) is 17.3 Å². The molecule has 5 heteroatoms. The lowest BCUT2D eigenvalue weighted by atomic mass is 10.3. The summed E-state index contributed by atoms with van der Waals surface area (Å²) in [5, 5.41) is 2.77. The van der Waals surface area contributed by atoms with Crippen molar-refractivity contribution in [1.82, 2.24) is 5.32 Å². The number of ether oxygens (including phenoxy) is 2. The fourth-order valence-electron chi connectivity index (χ4n) is 1.80. The minimum Gasteiger partial charge on any atom is -0.493 e. The summed E-state index contributed by atoms with van der Waals surface area (Å²) in [5.74, 6) is 1.91. The number of benzene rings is 1. The minimum atomic E-state index is -0.228. The average molecular weight is 289 g/mol. The zero-order chi connectivity index (χ0) is 15.2. The fourth-order valence-corrected chi connectivity index (χ4v) is 1.80. The van der Waals surface area contributed by atoms with E-state index in [1.807, 2.05) is 38.1 Å². The Morgan fingerprint density at radius 1 is 1.19 bits per heavy atom. The third-order valence-electron chi connectivity index (χ3n) is 2.74. The molecule has 1 aromatic carbocycles. The first-order chi connectivity index (χ1) is 10.1. The molecule has 0 fully saturated rings. The first kappa shape index (κ1) is 15.0. The highest BCUT2D eigenvalue weighted by Gasteiger charge is 2.12. The van der Waals surface area contributed by atoms with Gasteiger partial charge in [0.1, 0.15) is 12.4 Å². The van der Waals surface area contributed by atoms with Crippen LogP contribution in [0.3, 0.4) is 0 Å². The smallest absolute Gasteiger partial charge is 0.287 e. The van der Waals surface area contributed by atoms with Gasteiger partial charge in [-0.05, 0) is 38.1 Å². The van der Waals surface area contributed by atoms with Crippen LogP contribution in [0.2, 0.25) is 0 Å². The molecule has 112 valence electrons. The number of carbonyl (C=O) groups excluding carboxylic acids is 1. The second kappa shape index (κ2) is 6.83. The third-order valence-corrected chi connectivity index (χ3v) is 2.74. The molecule has 21 heavy (non-hydrogen) atoms. The summed E-state index contributed by atoms with van der Waals surface area (Å²) >= 11 is 0. The standard InChI is InChI=1S/C16H19NO4/c1-11(2)17-16(18)15-9-8-12(21-15)10-20-14-7-5-4-6-13(14)19-3/h4-9,11H,10H2,1-3H3,(H,17,18). The largest absolute Gasteiger partial charge is 0.493 e. The van der Waals surface area contributed by atoms with E-state index in [9.17, 15) is 4.79 Å². The molecule has 0 atom stereocenters. The Hall–Kier alpha value is -2.43. The molecule has 0 spiro atoms. The van der Waals surface area contributed by atoms with Crippen molar-refractivity contribution in [3.05, 3.63) is 47.9 Å². The topological polar surface area (TPSA) is 60.7 Å². The maximum absolute atomic E-state index is 11.8. The van der Waals surface area contributed by atoms with E-state index >= 15 is 0 Å². The van der Waals surface area contributed by atoms with Crippen molar-refractivity contribution in [1.29, 1.82) is 0 Å². The zero-order valence-corrected chi connectivity index (χ0v) is 12.4. The van der Waals surface area contributed by atoms with Crippen molar-refractivity contribution in [3.63, 3.8) is 0 Å². The van der Waals surface area contributed by atoms with Gasteiger partial charge in [0, 0.05) is 6.04 Å². The van der Waals surface area contributed by atoms with Gasteiger partial charge in [0.2, 0.25) is 0 Å². The normalized spacial score (nSPS) is 10.5. The molecule has 0 unspecified atom stereocenters. The minimum absolute atomic E-state index is 0.0656. The molecule has 0 radical (unpaired) electrons. The second-order valence-corrected chi connectivity index (χ2v) is 4.83. The van der Waals surface area contributed by atoms with E-state index in [4.69, 9.17) is 13.9 Å². The Labute approximate surface area is 123 Å². The second-order valence-electron chi connectivity index (χ2n) is 4.83. The number of rotatable bonds is 6. The maximum Gasteiger partial charge on any atom is 0.287 e. The summed E-state index contributed by atoms with van der Waals surface area (Å²) in [6.07, 6.45) is 0. The number of carbonyl (C=O) groups is 1. The summed E-state index contributed by atoms with van der Waals surface area (Å²) in [6.45, 7) is 4.02. The monoisotopic (exact) mass is 289 g/mol. The van der Waals surface area contributed by atoms with Gasteiger partial charge in [-0.3, -0.25) is 4.79 Å². The first-order valence-electron chi connectivity index (χ1n) is 6.75. The molecule has 0 aliphatic carbocycles. The van der Waals surface area contributed by atoms with Crippen molar-refractivity contribution in [2.24, 2.45) is 0 Å². The van der Waals surface area contributed by atoms with Gasteiger partial charge in [-0.2, -0.15) is 0 Å². The molecule has 5 nitrogen and oxygen atoms in total. The molecule has 1 aromatic heterocycles. The summed E-state index contributed by atoms with van der Waals surface area (Å²) in [7, 11) is 1.59. The van der Waals surface area contributed by atoms with E-state index in [1.54, 1.807) is 19.2 Å². The highest BCUT2D eigenvalue weighted by molar-refractivity contribution is 5.91. The average Bonchev–Trinajstić information content (AvgIpc) is 2.93. The summed E-state index contributed by atoms with van der Waals surface area (Å²) in [5.41, 5.74) is 0. The molecule has 0 aliphatic heterocycles. The van der Waals surface area contributed by atoms with Crippen LogP contribution in [0.5, 0.6) is 11.5 Å². The Morgan fingerprint density at radius 2 is 1.90 bits per heavy atom. The van der Waals surface area contributed by atoms with Crippen molar-refractivity contribution >= 4 is 5.91 Å². The highest BCUT2D eigenvalue weighted by Crippen LogP contribution is 2.26. The van der Waals surface area contributed by atoms with Crippen LogP contribution in [0.1, 0.15) is 30.2 Å². The van der Waals surface area contributed by atoms with Gasteiger partial charge >= 0.3 is 0 Å². The van der Waals surface area contributed by atoms with Crippen molar-refractivity contribution in [3.8, 4) is 11.5 Å². The van der Waals surface area contributed by atoms with Crippen LogP contribution < -0.4 is 14.8 Å². The predicted molar refractivity (Wildman–Crippen MR) is 78.6 cm³/mol. The molecule has 2 rings (SSSR count). The first-order valence-corrected chi connectivity index (χ1v) is 6.75. The number of amides is 1. The van der Waals surface area contributed by atoms with Gasteiger partial charge in [-0.1, -0.05) is 12.1 Å². The lowest BCUT2D eigenvalue weighted by Crippen LogP contribution is -2.29. The molecule has 1 N–H and O–H groups in total. The maximum atomic E-state index is 11.8. The van der Waals surface area contributed by atoms with E-state index < -0.39 is 0 Å². The van der Waals surface area contributed by atoms with Crippen molar-refractivity contribution < 1.29 is 18.7 Å². The van der Waals surface area contributed by atoms with Crippen LogP contribution in [0.4, 0.5) is 0 Å². The van der Waals surface area contributed by atoms with Crippen molar-refractivity contribution in [2.45, 2.75) is 26.5 Å². The van der Waals surface area contributed by atoms with Crippen LogP contribution in [0.15, 0.2) is 40.8 Å². The van der Waals surface area contributed by atoms with E-state index in [1.165, 1.54) is 0 Å². The molecule has 0 saturated carbocycles. The Kier molecular flexibility index (Phi) is 4.87. The van der Waals surface area contributed by atoms with Crippen molar-refractivity contribution in [2.75, 3.05) is 7.11 Å². The van der Waals surface area contributed by atoms with Crippen LogP contribution in [0.25, 0.3) is 0 Å². The number of hydrogen-bond donors (Lipinski definition) is 1. The number of methoxy groups -OCH3 is 1. The summed E-state index contributed by atoms with van der Waals surface area (Å²) in [6, 6.07) is 10.8. The van der Waals surface area contributed by atoms with E-state index in [0.717, 1.165) is 0 Å². The molecular weight excluding hydrogens is 270 g/mol. The van der Waals surface area contributed by atoms with E-state index in [2.05, 4.69) is 5.32 Å². The molecule has 1 heterocycles. The Balaban J connectivity index is 1.98. The number of nitrogens with one attached hydrogen (secondary N) is 1. The molecule has 2 aromatic rings. The quantitative estimate of drug-likeness (QED) is 0.888. The lowest BCUT2D eigenvalue weighted by Gasteiger charge is -2.09. The van der Waals surface area contributed by atoms with Gasteiger partial charge in [0.05, 0.1) is 7.11 Å². The highest BCUT2D eigenvalue weighted by atomic mass is 16.5. The predicted octanol–water partition coefficient (Wildman–Crippen LogP) is 3.01. The van der Waals surface area contributed by atoms with Crippen LogP contribution in [-0.4, -0.2) is 19.1 Å². The van der Waals surface area contributed by atoms with Crippen LogP contribution in [0, 0.1) is 0 Å². The number of furan rings is 1. The fraction of sp³-hybridized carbons (Fsp3) is 0.312. The number of hydrogen-bond acceptors (Lipinski definition) is 4. The van der Waals surface area contributed by atoms with E-state index in [0.29, 0.717) is 17.3 Å². The van der Waals surface area contributed by atoms with E-state index in [-0.39, 0.29) is 24.3 Å². The third kappa shape index (κ3) is 4.02. The molecule has 0 saturated heterocycles. The Bertz CT molecular complexity index is 604. The SMILES string of the molecule is COc1ccccc1OCc1ccc(C(=O)NC(C)C)o1. The summed E-state index contributed by atoms with van der Waals surface area (Å²) in [4.78, 5) is 11.8. The van der Waals surface area contributed by atoms with Gasteiger partial charge < -0.3 is 19.2 Å². The van der Waals surface area contributed by atoms with Crippen LogP contribution >= 0.6 is 0 Å². The summed E-state index contributed by atoms with van der Waals surface area (Å²) < 4.78 is 16.3. The molecule has 1 amide bonds. The zero-order valence-electron chi connectivity index (χ0n) is 12.4. The van der Waals surface area contributed by atoms with Crippen LogP contribution in [-0.2, 0) is 6.61 Å². The number of para-hydroxylation sites is 2. The lowest BCUT2D eigenvalue weighted by molar-refractivity contribution is 0.0911. The molecule has 0 aliphatic rings. The Morgan fingerprint density at radius 3 is 2.57 bits per heavy atom. The molecule has 0 bridgehead atoms. The van der Waals surface area contributed by atoms with Gasteiger partial charge in [-0.15, -0.1) is 0 Å². The molecular formula is C16H19NO4. The van der Waals surface area contributed by atoms with Gasteiger partial charge in [0.25, 0.3) is 5.91 Å². The van der Waals surface area contributed by atoms with Gasteiger partial charge in [-0.25, -0.2) is 0 Å².